The molecule has 0 radical (unpaired) electrons. The Hall–Kier alpha value is -0.530. The van der Waals surface area contributed by atoms with Crippen LogP contribution in [-0.2, 0) is 22.1 Å². The SMILES string of the molecule is CC(C)Cc1cn(CC(O)(P(=O)(O)O)P(=O)(O)O)cn1. The molecule has 11 heteroatoms. The molecule has 0 saturated heterocycles. The Morgan fingerprint density at radius 3 is 2.15 bits per heavy atom. The predicted molar refractivity (Wildman–Crippen MR) is 69.8 cm³/mol. The maximum atomic E-state index is 11.2. The second-order valence-electron chi connectivity index (χ2n) is 5.00. The summed E-state index contributed by atoms with van der Waals surface area (Å²) in [7, 11) is -10.9. The van der Waals surface area contributed by atoms with Crippen LogP contribution in [0.5, 0.6) is 0 Å². The standard InChI is InChI=1S/C9H18N2O7P2/c1-7(2)3-8-4-11(6-10-8)5-9(12,19(13,14)15)20(16,17)18/h4,6-7,12H,3,5H2,1-2H3,(H2,13,14,15)(H2,16,17,18). The first kappa shape index (κ1) is 17.5. The van der Waals surface area contributed by atoms with Crippen molar-refractivity contribution >= 4 is 15.2 Å². The number of hydrogen-bond donors (Lipinski definition) is 5. The number of aromatic nitrogens is 2. The molecule has 0 amide bonds. The van der Waals surface area contributed by atoms with Crippen LogP contribution in [0.3, 0.4) is 0 Å². The van der Waals surface area contributed by atoms with Gasteiger partial charge >= 0.3 is 15.2 Å². The lowest BCUT2D eigenvalue weighted by Gasteiger charge is -2.29. The summed E-state index contributed by atoms with van der Waals surface area (Å²) >= 11 is 0. The normalized spacial score (nSPS) is 14.0. The highest BCUT2D eigenvalue weighted by atomic mass is 31.2. The Morgan fingerprint density at radius 2 is 1.75 bits per heavy atom. The summed E-state index contributed by atoms with van der Waals surface area (Å²) in [5, 5.41) is 6.29. The van der Waals surface area contributed by atoms with Crippen molar-refractivity contribution in [1.29, 1.82) is 0 Å². The molecule has 20 heavy (non-hydrogen) atoms. The van der Waals surface area contributed by atoms with Gasteiger partial charge in [0.05, 0.1) is 18.6 Å². The minimum Gasteiger partial charge on any atom is -0.366 e. The van der Waals surface area contributed by atoms with Crippen molar-refractivity contribution < 1.29 is 33.8 Å². The number of nitrogens with zero attached hydrogens (tertiary/aromatic N) is 2. The number of rotatable bonds is 6. The van der Waals surface area contributed by atoms with E-state index in [1.54, 1.807) is 0 Å². The lowest BCUT2D eigenvalue weighted by molar-refractivity contribution is 0.115. The molecule has 0 unspecified atom stereocenters. The number of aliphatic hydroxyl groups is 1. The van der Waals surface area contributed by atoms with E-state index in [9.17, 15) is 14.2 Å². The highest BCUT2D eigenvalue weighted by Gasteiger charge is 2.59. The summed E-state index contributed by atoms with van der Waals surface area (Å²) in [4.78, 5) is 40.0. The first-order valence-electron chi connectivity index (χ1n) is 5.71. The van der Waals surface area contributed by atoms with E-state index in [0.717, 1.165) is 10.9 Å². The molecule has 0 aliphatic carbocycles. The van der Waals surface area contributed by atoms with Gasteiger partial charge in [0, 0.05) is 6.20 Å². The van der Waals surface area contributed by atoms with Crippen LogP contribution in [0, 0.1) is 5.92 Å². The Balaban J connectivity index is 3.07. The van der Waals surface area contributed by atoms with Crippen LogP contribution in [0.15, 0.2) is 12.5 Å². The van der Waals surface area contributed by atoms with Crippen LogP contribution in [0.2, 0.25) is 0 Å². The van der Waals surface area contributed by atoms with Crippen molar-refractivity contribution in [2.75, 3.05) is 0 Å². The molecule has 1 aromatic heterocycles. The topological polar surface area (TPSA) is 153 Å². The van der Waals surface area contributed by atoms with E-state index in [1.165, 1.54) is 6.20 Å². The Morgan fingerprint density at radius 1 is 1.25 bits per heavy atom. The molecule has 1 rings (SSSR count). The van der Waals surface area contributed by atoms with Crippen molar-refractivity contribution in [2.45, 2.75) is 31.9 Å². The number of hydrogen-bond acceptors (Lipinski definition) is 4. The predicted octanol–water partition coefficient (Wildman–Crippen LogP) is 0.0831. The fourth-order valence-electron chi connectivity index (χ4n) is 1.62. The molecule has 1 heterocycles. The van der Waals surface area contributed by atoms with Gasteiger partial charge in [-0.3, -0.25) is 9.13 Å². The summed E-state index contributed by atoms with van der Waals surface area (Å²) in [6.07, 6.45) is 3.14. The Bertz CT molecular complexity index is 536. The third-order valence-electron chi connectivity index (χ3n) is 2.63. The zero-order valence-electron chi connectivity index (χ0n) is 11.0. The molecule has 9 nitrogen and oxygen atoms in total. The van der Waals surface area contributed by atoms with E-state index in [1.807, 2.05) is 13.8 Å². The van der Waals surface area contributed by atoms with Gasteiger partial charge < -0.3 is 29.2 Å². The summed E-state index contributed by atoms with van der Waals surface area (Å²) in [6.45, 7) is 2.94. The molecule has 0 atom stereocenters. The summed E-state index contributed by atoms with van der Waals surface area (Å²) in [5.41, 5.74) is 0.596. The molecule has 116 valence electrons. The summed E-state index contributed by atoms with van der Waals surface area (Å²) in [5.74, 6) is 0.292. The highest BCUT2D eigenvalue weighted by Crippen LogP contribution is 2.67. The minimum atomic E-state index is -5.45. The fraction of sp³-hybridized carbons (Fsp3) is 0.667. The maximum Gasteiger partial charge on any atom is 0.371 e. The average Bonchev–Trinajstić information content (AvgIpc) is 2.60. The molecule has 0 spiro atoms. The van der Waals surface area contributed by atoms with Gasteiger partial charge in [0.1, 0.15) is 0 Å². The van der Waals surface area contributed by atoms with Crippen molar-refractivity contribution in [2.24, 2.45) is 5.92 Å². The summed E-state index contributed by atoms with van der Waals surface area (Å²) in [6, 6.07) is 0. The number of imidazole rings is 1. The van der Waals surface area contributed by atoms with Gasteiger partial charge in [-0.1, -0.05) is 13.8 Å². The quantitative estimate of drug-likeness (QED) is 0.460. The van der Waals surface area contributed by atoms with Crippen molar-refractivity contribution in [3.05, 3.63) is 18.2 Å². The van der Waals surface area contributed by atoms with Crippen LogP contribution < -0.4 is 0 Å². The van der Waals surface area contributed by atoms with Gasteiger partial charge in [-0.15, -0.1) is 0 Å². The zero-order valence-corrected chi connectivity index (χ0v) is 12.8. The first-order chi connectivity index (χ1) is 8.87. The molecule has 0 saturated carbocycles. The molecule has 0 bridgehead atoms. The molecule has 5 N–H and O–H groups in total. The maximum absolute atomic E-state index is 11.2. The van der Waals surface area contributed by atoms with Crippen LogP contribution in [0.25, 0.3) is 0 Å². The van der Waals surface area contributed by atoms with Gasteiger partial charge in [0.2, 0.25) is 0 Å². The third-order valence-corrected chi connectivity index (χ3v) is 6.34. The Kier molecular flexibility index (Phi) is 4.99. The first-order valence-corrected chi connectivity index (χ1v) is 8.93. The molecule has 0 fully saturated rings. The van der Waals surface area contributed by atoms with E-state index in [4.69, 9.17) is 19.6 Å². The van der Waals surface area contributed by atoms with E-state index in [2.05, 4.69) is 4.98 Å². The third kappa shape index (κ3) is 3.77. The van der Waals surface area contributed by atoms with Crippen LogP contribution in [0.4, 0.5) is 0 Å². The molecular weight excluding hydrogens is 310 g/mol. The smallest absolute Gasteiger partial charge is 0.366 e. The van der Waals surface area contributed by atoms with E-state index in [0.29, 0.717) is 18.0 Å². The molecule has 0 aromatic carbocycles. The van der Waals surface area contributed by atoms with Gasteiger partial charge in [0.15, 0.2) is 0 Å². The second-order valence-corrected chi connectivity index (χ2v) is 9.01. The van der Waals surface area contributed by atoms with Crippen molar-refractivity contribution in [3.8, 4) is 0 Å². The molecular formula is C9H18N2O7P2. The van der Waals surface area contributed by atoms with E-state index < -0.39 is 26.8 Å². The van der Waals surface area contributed by atoms with Crippen molar-refractivity contribution in [3.63, 3.8) is 0 Å². The van der Waals surface area contributed by atoms with Gasteiger partial charge in [0.25, 0.3) is 5.08 Å². The van der Waals surface area contributed by atoms with Gasteiger partial charge in [-0.2, -0.15) is 0 Å². The second kappa shape index (κ2) is 5.69. The average molecular weight is 328 g/mol. The minimum absolute atomic E-state index is 0.292. The molecule has 0 aliphatic rings. The highest BCUT2D eigenvalue weighted by molar-refractivity contribution is 7.72. The monoisotopic (exact) mass is 328 g/mol. The van der Waals surface area contributed by atoms with Crippen molar-refractivity contribution in [1.82, 2.24) is 9.55 Å². The lowest BCUT2D eigenvalue weighted by Crippen LogP contribution is -2.33. The summed E-state index contributed by atoms with van der Waals surface area (Å²) < 4.78 is 23.5. The Labute approximate surface area is 115 Å². The largest absolute Gasteiger partial charge is 0.371 e. The zero-order chi connectivity index (χ0) is 15.8. The van der Waals surface area contributed by atoms with Crippen LogP contribution in [0.1, 0.15) is 19.5 Å². The van der Waals surface area contributed by atoms with Crippen LogP contribution >= 0.6 is 15.2 Å². The van der Waals surface area contributed by atoms with E-state index in [-0.39, 0.29) is 0 Å². The van der Waals surface area contributed by atoms with Gasteiger partial charge in [-0.25, -0.2) is 4.98 Å². The van der Waals surface area contributed by atoms with Crippen LogP contribution in [-0.4, -0.2) is 39.3 Å². The molecule has 0 aliphatic heterocycles. The fourth-order valence-corrected chi connectivity index (χ4v) is 3.67. The lowest BCUT2D eigenvalue weighted by atomic mass is 10.1. The molecule has 1 aromatic rings. The van der Waals surface area contributed by atoms with Gasteiger partial charge in [-0.05, 0) is 12.3 Å². The van der Waals surface area contributed by atoms with E-state index >= 15 is 0 Å².